The summed E-state index contributed by atoms with van der Waals surface area (Å²) < 4.78 is 5.49. The van der Waals surface area contributed by atoms with Crippen molar-refractivity contribution in [2.24, 2.45) is 0 Å². The second kappa shape index (κ2) is 5.54. The first kappa shape index (κ1) is 14.0. The van der Waals surface area contributed by atoms with Gasteiger partial charge in [0.05, 0.1) is 23.8 Å². The molecular weight excluding hydrogens is 286 g/mol. The third kappa shape index (κ3) is 2.40. The molecule has 0 unspecified atom stereocenters. The Morgan fingerprint density at radius 3 is 2.57 bits per heavy atom. The summed E-state index contributed by atoms with van der Waals surface area (Å²) in [6.45, 7) is 3.82. The quantitative estimate of drug-likeness (QED) is 0.726. The van der Waals surface area contributed by atoms with Crippen LogP contribution in [0.3, 0.4) is 0 Å². The minimum absolute atomic E-state index is 0.848. The first-order chi connectivity index (χ1) is 11.3. The average molecular weight is 305 g/mol. The number of aromatic nitrogens is 2. The SMILES string of the molecule is COc1cccc2c1CCN(c1nc3ccccc3nc1C)C2. The molecule has 0 atom stereocenters. The van der Waals surface area contributed by atoms with Gasteiger partial charge in [-0.3, -0.25) is 0 Å². The molecule has 0 radical (unpaired) electrons. The summed E-state index contributed by atoms with van der Waals surface area (Å²) in [7, 11) is 1.74. The molecule has 0 amide bonds. The number of nitrogens with zero attached hydrogens (tertiary/aromatic N) is 3. The molecule has 4 heteroatoms. The Labute approximate surface area is 135 Å². The van der Waals surface area contributed by atoms with Gasteiger partial charge in [-0.25, -0.2) is 9.97 Å². The molecule has 4 rings (SSSR count). The molecule has 1 aliphatic heterocycles. The Morgan fingerprint density at radius 1 is 1.00 bits per heavy atom. The highest BCUT2D eigenvalue weighted by molar-refractivity contribution is 5.76. The first-order valence-corrected chi connectivity index (χ1v) is 7.89. The minimum atomic E-state index is 0.848. The molecule has 0 aliphatic carbocycles. The van der Waals surface area contributed by atoms with E-state index in [-0.39, 0.29) is 0 Å². The van der Waals surface area contributed by atoms with Gasteiger partial charge in [0.1, 0.15) is 5.75 Å². The van der Waals surface area contributed by atoms with Crippen molar-refractivity contribution in [3.05, 3.63) is 59.3 Å². The Balaban J connectivity index is 1.73. The molecule has 4 nitrogen and oxygen atoms in total. The highest BCUT2D eigenvalue weighted by Gasteiger charge is 2.22. The summed E-state index contributed by atoms with van der Waals surface area (Å²) in [5, 5.41) is 0. The minimum Gasteiger partial charge on any atom is -0.496 e. The molecule has 2 aromatic carbocycles. The van der Waals surface area contributed by atoms with E-state index in [9.17, 15) is 0 Å². The van der Waals surface area contributed by atoms with Crippen molar-refractivity contribution < 1.29 is 4.74 Å². The zero-order valence-corrected chi connectivity index (χ0v) is 13.4. The molecular formula is C19H19N3O. The van der Waals surface area contributed by atoms with Crippen molar-refractivity contribution in [2.45, 2.75) is 19.9 Å². The van der Waals surface area contributed by atoms with Crippen LogP contribution in [0.25, 0.3) is 11.0 Å². The molecule has 1 aromatic heterocycles. The van der Waals surface area contributed by atoms with Crippen molar-refractivity contribution in [3.8, 4) is 5.75 Å². The zero-order chi connectivity index (χ0) is 15.8. The van der Waals surface area contributed by atoms with E-state index in [4.69, 9.17) is 14.7 Å². The number of anilines is 1. The predicted octanol–water partition coefficient (Wildman–Crippen LogP) is 3.51. The van der Waals surface area contributed by atoms with Crippen LogP contribution < -0.4 is 9.64 Å². The lowest BCUT2D eigenvalue weighted by Gasteiger charge is -2.31. The lowest BCUT2D eigenvalue weighted by molar-refractivity contribution is 0.407. The maximum Gasteiger partial charge on any atom is 0.151 e. The molecule has 0 bridgehead atoms. The third-order valence-corrected chi connectivity index (χ3v) is 4.46. The number of ether oxygens (including phenoxy) is 1. The number of benzene rings is 2. The summed E-state index contributed by atoms with van der Waals surface area (Å²) in [6, 6.07) is 14.3. The predicted molar refractivity (Wildman–Crippen MR) is 92.0 cm³/mol. The largest absolute Gasteiger partial charge is 0.496 e. The van der Waals surface area contributed by atoms with Crippen LogP contribution >= 0.6 is 0 Å². The number of hydrogen-bond acceptors (Lipinski definition) is 4. The van der Waals surface area contributed by atoms with Crippen molar-refractivity contribution in [3.63, 3.8) is 0 Å². The molecule has 0 fully saturated rings. The van der Waals surface area contributed by atoms with E-state index >= 15 is 0 Å². The monoisotopic (exact) mass is 305 g/mol. The number of para-hydroxylation sites is 2. The van der Waals surface area contributed by atoms with Gasteiger partial charge < -0.3 is 9.64 Å². The van der Waals surface area contributed by atoms with E-state index in [2.05, 4.69) is 17.0 Å². The third-order valence-electron chi connectivity index (χ3n) is 4.46. The first-order valence-electron chi connectivity index (χ1n) is 7.89. The highest BCUT2D eigenvalue weighted by atomic mass is 16.5. The normalized spacial score (nSPS) is 13.9. The van der Waals surface area contributed by atoms with Gasteiger partial charge in [0, 0.05) is 18.7 Å². The Bertz CT molecular complexity index is 876. The van der Waals surface area contributed by atoms with Crippen LogP contribution in [0, 0.1) is 6.92 Å². The molecule has 0 spiro atoms. The summed E-state index contributed by atoms with van der Waals surface area (Å²) in [6.07, 6.45) is 0.966. The van der Waals surface area contributed by atoms with Gasteiger partial charge in [0.2, 0.25) is 0 Å². The van der Waals surface area contributed by atoms with Crippen molar-refractivity contribution in [1.82, 2.24) is 9.97 Å². The fourth-order valence-electron chi connectivity index (χ4n) is 3.32. The van der Waals surface area contributed by atoms with Gasteiger partial charge in [0.15, 0.2) is 5.82 Å². The number of aryl methyl sites for hydroxylation is 1. The fourth-order valence-corrected chi connectivity index (χ4v) is 3.32. The van der Waals surface area contributed by atoms with E-state index in [0.29, 0.717) is 0 Å². The lowest BCUT2D eigenvalue weighted by atomic mass is 9.98. The Hall–Kier alpha value is -2.62. The van der Waals surface area contributed by atoms with Crippen LogP contribution in [0.15, 0.2) is 42.5 Å². The topological polar surface area (TPSA) is 38.2 Å². The van der Waals surface area contributed by atoms with Crippen molar-refractivity contribution in [1.29, 1.82) is 0 Å². The van der Waals surface area contributed by atoms with Crippen LogP contribution in [0.5, 0.6) is 5.75 Å². The van der Waals surface area contributed by atoms with Gasteiger partial charge in [-0.1, -0.05) is 24.3 Å². The maximum atomic E-state index is 5.49. The zero-order valence-electron chi connectivity index (χ0n) is 13.4. The molecule has 23 heavy (non-hydrogen) atoms. The van der Waals surface area contributed by atoms with Gasteiger partial charge in [-0.2, -0.15) is 0 Å². The number of hydrogen-bond donors (Lipinski definition) is 0. The van der Waals surface area contributed by atoms with Gasteiger partial charge in [-0.05, 0) is 37.1 Å². The molecule has 0 saturated heterocycles. The Morgan fingerprint density at radius 2 is 1.78 bits per heavy atom. The van der Waals surface area contributed by atoms with E-state index < -0.39 is 0 Å². The fraction of sp³-hybridized carbons (Fsp3) is 0.263. The number of methoxy groups -OCH3 is 1. The van der Waals surface area contributed by atoms with E-state index in [0.717, 1.165) is 47.8 Å². The van der Waals surface area contributed by atoms with Crippen LogP contribution in [0.2, 0.25) is 0 Å². The van der Waals surface area contributed by atoms with E-state index in [1.54, 1.807) is 7.11 Å². The number of rotatable bonds is 2. The summed E-state index contributed by atoms with van der Waals surface area (Å²) >= 11 is 0. The average Bonchev–Trinajstić information content (AvgIpc) is 2.60. The smallest absolute Gasteiger partial charge is 0.151 e. The molecule has 2 heterocycles. The van der Waals surface area contributed by atoms with Gasteiger partial charge >= 0.3 is 0 Å². The molecule has 3 aromatic rings. The maximum absolute atomic E-state index is 5.49. The van der Waals surface area contributed by atoms with Crippen LogP contribution in [0.4, 0.5) is 5.82 Å². The second-order valence-electron chi connectivity index (χ2n) is 5.89. The van der Waals surface area contributed by atoms with Crippen LogP contribution in [0.1, 0.15) is 16.8 Å². The van der Waals surface area contributed by atoms with Gasteiger partial charge in [0.25, 0.3) is 0 Å². The van der Waals surface area contributed by atoms with Crippen molar-refractivity contribution >= 4 is 16.9 Å². The highest BCUT2D eigenvalue weighted by Crippen LogP contribution is 2.31. The lowest BCUT2D eigenvalue weighted by Crippen LogP contribution is -2.32. The summed E-state index contributed by atoms with van der Waals surface area (Å²) in [5.74, 6) is 1.97. The van der Waals surface area contributed by atoms with E-state index in [1.807, 2.05) is 37.3 Å². The standard InChI is InChI=1S/C19H19N3O/c1-13-19(21-17-8-4-3-7-16(17)20-13)22-11-10-15-14(12-22)6-5-9-18(15)23-2/h3-9H,10-12H2,1-2H3. The second-order valence-corrected chi connectivity index (χ2v) is 5.89. The summed E-state index contributed by atoms with van der Waals surface area (Å²) in [5.41, 5.74) is 5.51. The summed E-state index contributed by atoms with van der Waals surface area (Å²) in [4.78, 5) is 11.9. The van der Waals surface area contributed by atoms with Crippen LogP contribution in [-0.2, 0) is 13.0 Å². The number of fused-ring (bicyclic) bond motifs is 2. The van der Waals surface area contributed by atoms with E-state index in [1.165, 1.54) is 11.1 Å². The molecule has 116 valence electrons. The van der Waals surface area contributed by atoms with Gasteiger partial charge in [-0.15, -0.1) is 0 Å². The molecule has 1 aliphatic rings. The molecule has 0 saturated carbocycles. The van der Waals surface area contributed by atoms with Crippen molar-refractivity contribution in [2.75, 3.05) is 18.6 Å². The van der Waals surface area contributed by atoms with Crippen LogP contribution in [-0.4, -0.2) is 23.6 Å². The molecule has 0 N–H and O–H groups in total. The Kier molecular flexibility index (Phi) is 3.37.